The van der Waals surface area contributed by atoms with Gasteiger partial charge in [0.25, 0.3) is 0 Å². The molecule has 0 atom stereocenters. The van der Waals surface area contributed by atoms with E-state index in [2.05, 4.69) is 23.1 Å². The lowest BCUT2D eigenvalue weighted by molar-refractivity contribution is 1.29. The Morgan fingerprint density at radius 2 is 2.17 bits per heavy atom. The summed E-state index contributed by atoms with van der Waals surface area (Å²) < 4.78 is 0. The van der Waals surface area contributed by atoms with Crippen molar-refractivity contribution in [1.82, 2.24) is 9.97 Å². The standard InChI is InChI=1S/C8H10N2.C2H6/c1-4-7-8(6(2)3)10-5-9-7;1-2/h4-5H,1-2H2,3H3,(H,9,10);1-2H3. The van der Waals surface area contributed by atoms with Gasteiger partial charge in [0.15, 0.2) is 0 Å². The van der Waals surface area contributed by atoms with Gasteiger partial charge in [0.2, 0.25) is 0 Å². The van der Waals surface area contributed by atoms with Crippen molar-refractivity contribution in [2.75, 3.05) is 0 Å². The van der Waals surface area contributed by atoms with E-state index in [-0.39, 0.29) is 0 Å². The number of aromatic amines is 1. The molecule has 0 aliphatic carbocycles. The highest BCUT2D eigenvalue weighted by molar-refractivity contribution is 5.66. The fourth-order valence-electron chi connectivity index (χ4n) is 0.800. The first kappa shape index (κ1) is 10.7. The van der Waals surface area contributed by atoms with E-state index < -0.39 is 0 Å². The normalized spacial score (nSPS) is 8.25. The minimum Gasteiger partial charge on any atom is -0.345 e. The number of hydrogen-bond acceptors (Lipinski definition) is 1. The van der Waals surface area contributed by atoms with Gasteiger partial charge in [-0.3, -0.25) is 0 Å². The molecule has 1 N–H and O–H groups in total. The van der Waals surface area contributed by atoms with E-state index in [4.69, 9.17) is 0 Å². The number of rotatable bonds is 2. The van der Waals surface area contributed by atoms with Gasteiger partial charge in [-0.15, -0.1) is 0 Å². The average molecular weight is 164 g/mol. The second-order valence-corrected chi connectivity index (χ2v) is 2.15. The Bertz CT molecular complexity index is 259. The average Bonchev–Trinajstić information content (AvgIpc) is 2.55. The number of imidazole rings is 1. The van der Waals surface area contributed by atoms with Gasteiger partial charge in [0.05, 0.1) is 17.7 Å². The van der Waals surface area contributed by atoms with Crippen molar-refractivity contribution in [2.45, 2.75) is 20.8 Å². The summed E-state index contributed by atoms with van der Waals surface area (Å²) in [6.07, 6.45) is 3.37. The molecule has 66 valence electrons. The van der Waals surface area contributed by atoms with Crippen LogP contribution in [0.15, 0.2) is 19.5 Å². The van der Waals surface area contributed by atoms with Crippen LogP contribution in [-0.4, -0.2) is 9.97 Å². The number of nitrogens with zero attached hydrogens (tertiary/aromatic N) is 1. The summed E-state index contributed by atoms with van der Waals surface area (Å²) in [6.45, 7) is 13.3. The molecule has 0 amide bonds. The Balaban J connectivity index is 0.000000561. The number of hydrogen-bond donors (Lipinski definition) is 1. The van der Waals surface area contributed by atoms with Gasteiger partial charge in [-0.05, 0) is 18.6 Å². The zero-order valence-corrected chi connectivity index (χ0v) is 8.02. The zero-order valence-electron chi connectivity index (χ0n) is 8.02. The Morgan fingerprint density at radius 3 is 2.50 bits per heavy atom. The third-order valence-corrected chi connectivity index (χ3v) is 1.28. The summed E-state index contributed by atoms with van der Waals surface area (Å²) in [5.41, 5.74) is 2.79. The molecule has 1 aromatic heterocycles. The molecule has 1 rings (SSSR count). The molecule has 0 aliphatic rings. The highest BCUT2D eigenvalue weighted by Gasteiger charge is 2.00. The second-order valence-electron chi connectivity index (χ2n) is 2.15. The molecule has 0 unspecified atom stereocenters. The van der Waals surface area contributed by atoms with Crippen molar-refractivity contribution >= 4 is 11.6 Å². The van der Waals surface area contributed by atoms with Gasteiger partial charge >= 0.3 is 0 Å². The van der Waals surface area contributed by atoms with Crippen molar-refractivity contribution in [3.05, 3.63) is 30.9 Å². The fourth-order valence-corrected chi connectivity index (χ4v) is 0.800. The van der Waals surface area contributed by atoms with E-state index in [0.29, 0.717) is 0 Å². The van der Waals surface area contributed by atoms with Crippen LogP contribution in [-0.2, 0) is 0 Å². The van der Waals surface area contributed by atoms with E-state index in [9.17, 15) is 0 Å². The van der Waals surface area contributed by atoms with Crippen LogP contribution in [0.4, 0.5) is 0 Å². The highest BCUT2D eigenvalue weighted by Crippen LogP contribution is 2.12. The smallest absolute Gasteiger partial charge is 0.0931 e. The number of allylic oxidation sites excluding steroid dienone is 1. The van der Waals surface area contributed by atoms with Gasteiger partial charge in [-0.25, -0.2) is 4.98 Å². The molecule has 0 fully saturated rings. The van der Waals surface area contributed by atoms with E-state index in [1.54, 1.807) is 12.4 Å². The Kier molecular flexibility index (Phi) is 4.77. The Morgan fingerprint density at radius 1 is 1.58 bits per heavy atom. The van der Waals surface area contributed by atoms with Crippen LogP contribution >= 0.6 is 0 Å². The van der Waals surface area contributed by atoms with Gasteiger partial charge in [0.1, 0.15) is 0 Å². The van der Waals surface area contributed by atoms with Crippen LogP contribution in [0.1, 0.15) is 32.2 Å². The minimum atomic E-state index is 0.898. The molecule has 0 aliphatic heterocycles. The molecule has 12 heavy (non-hydrogen) atoms. The van der Waals surface area contributed by atoms with E-state index in [1.165, 1.54) is 0 Å². The molecule has 2 heteroatoms. The Hall–Kier alpha value is -1.31. The van der Waals surface area contributed by atoms with Gasteiger partial charge in [-0.2, -0.15) is 0 Å². The monoisotopic (exact) mass is 164 g/mol. The van der Waals surface area contributed by atoms with Crippen LogP contribution < -0.4 is 0 Å². The molecule has 0 radical (unpaired) electrons. The van der Waals surface area contributed by atoms with Crippen LogP contribution in [0.2, 0.25) is 0 Å². The van der Waals surface area contributed by atoms with Crippen LogP contribution in [0.5, 0.6) is 0 Å². The topological polar surface area (TPSA) is 28.7 Å². The van der Waals surface area contributed by atoms with Gasteiger partial charge in [0, 0.05) is 0 Å². The summed E-state index contributed by atoms with van der Waals surface area (Å²) in [7, 11) is 0. The number of H-pyrrole nitrogens is 1. The maximum absolute atomic E-state index is 4.06. The van der Waals surface area contributed by atoms with Crippen molar-refractivity contribution in [2.24, 2.45) is 0 Å². The lowest BCUT2D eigenvalue weighted by atomic mass is 10.2. The maximum Gasteiger partial charge on any atom is 0.0931 e. The maximum atomic E-state index is 4.06. The largest absolute Gasteiger partial charge is 0.345 e. The lowest BCUT2D eigenvalue weighted by Crippen LogP contribution is -1.80. The molecular weight excluding hydrogens is 148 g/mol. The second kappa shape index (κ2) is 5.35. The fraction of sp³-hybridized carbons (Fsp3) is 0.300. The molecule has 2 nitrogen and oxygen atoms in total. The quantitative estimate of drug-likeness (QED) is 0.714. The first-order chi connectivity index (χ1) is 5.75. The first-order valence-corrected chi connectivity index (χ1v) is 4.07. The summed E-state index contributed by atoms with van der Waals surface area (Å²) in [4.78, 5) is 7.01. The van der Waals surface area contributed by atoms with Crippen LogP contribution in [0, 0.1) is 0 Å². The number of aromatic nitrogens is 2. The Labute approximate surface area is 74.0 Å². The van der Waals surface area contributed by atoms with Crippen molar-refractivity contribution in [3.63, 3.8) is 0 Å². The van der Waals surface area contributed by atoms with E-state index in [0.717, 1.165) is 17.0 Å². The third kappa shape index (κ3) is 2.38. The highest BCUT2D eigenvalue weighted by atomic mass is 14.9. The molecular formula is C10H16N2. The predicted molar refractivity (Wildman–Crippen MR) is 54.7 cm³/mol. The molecule has 0 saturated carbocycles. The zero-order chi connectivity index (χ0) is 9.56. The van der Waals surface area contributed by atoms with E-state index >= 15 is 0 Å². The van der Waals surface area contributed by atoms with Crippen LogP contribution in [0.25, 0.3) is 11.6 Å². The third-order valence-electron chi connectivity index (χ3n) is 1.28. The van der Waals surface area contributed by atoms with Gasteiger partial charge in [-0.1, -0.05) is 27.0 Å². The first-order valence-electron chi connectivity index (χ1n) is 4.07. The van der Waals surface area contributed by atoms with Gasteiger partial charge < -0.3 is 4.98 Å². The SMILES string of the molecule is C=Cc1[nH]cnc1C(=C)C.CC. The van der Waals surface area contributed by atoms with Crippen molar-refractivity contribution in [3.8, 4) is 0 Å². The number of nitrogens with one attached hydrogen (secondary N) is 1. The summed E-state index contributed by atoms with van der Waals surface area (Å²) >= 11 is 0. The lowest BCUT2D eigenvalue weighted by Gasteiger charge is -1.92. The van der Waals surface area contributed by atoms with Crippen molar-refractivity contribution in [1.29, 1.82) is 0 Å². The molecule has 1 aromatic rings. The van der Waals surface area contributed by atoms with Crippen LogP contribution in [0.3, 0.4) is 0 Å². The summed E-state index contributed by atoms with van der Waals surface area (Å²) in [5, 5.41) is 0. The molecule has 0 bridgehead atoms. The molecule has 0 aromatic carbocycles. The minimum absolute atomic E-state index is 0.898. The predicted octanol–water partition coefficient (Wildman–Crippen LogP) is 3.11. The molecule has 0 spiro atoms. The molecule has 1 heterocycles. The molecule has 0 saturated heterocycles. The summed E-state index contributed by atoms with van der Waals surface area (Å²) in [6, 6.07) is 0. The summed E-state index contributed by atoms with van der Waals surface area (Å²) in [5.74, 6) is 0. The van der Waals surface area contributed by atoms with E-state index in [1.807, 2.05) is 20.8 Å². The van der Waals surface area contributed by atoms with Crippen molar-refractivity contribution < 1.29 is 0 Å².